The molecule has 6 rings (SSSR count). The summed E-state index contributed by atoms with van der Waals surface area (Å²) in [5, 5.41) is 3.32. The molecule has 2 aliphatic heterocycles. The fraction of sp³-hybridized carbons (Fsp3) is 0.367. The van der Waals surface area contributed by atoms with Crippen molar-refractivity contribution in [3.63, 3.8) is 0 Å². The van der Waals surface area contributed by atoms with E-state index in [-0.39, 0.29) is 17.3 Å². The van der Waals surface area contributed by atoms with Gasteiger partial charge in [0.15, 0.2) is 0 Å². The van der Waals surface area contributed by atoms with Crippen molar-refractivity contribution in [1.82, 2.24) is 24.8 Å². The molecule has 2 aromatic heterocycles. The number of aryl methyl sites for hydroxylation is 1. The molecular formula is C30H33FN6O2. The van der Waals surface area contributed by atoms with Gasteiger partial charge < -0.3 is 20.2 Å². The number of halogens is 1. The fourth-order valence-corrected chi connectivity index (χ4v) is 5.85. The zero-order valence-corrected chi connectivity index (χ0v) is 22.3. The predicted octanol–water partition coefficient (Wildman–Crippen LogP) is 4.46. The molecule has 0 bridgehead atoms. The van der Waals surface area contributed by atoms with Gasteiger partial charge in [-0.3, -0.25) is 14.5 Å². The Labute approximate surface area is 226 Å². The highest BCUT2D eigenvalue weighted by Gasteiger charge is 2.30. The van der Waals surface area contributed by atoms with Crippen molar-refractivity contribution >= 4 is 22.6 Å². The minimum Gasteiger partial charge on any atom is -0.384 e. The second-order valence-corrected chi connectivity index (χ2v) is 10.7. The summed E-state index contributed by atoms with van der Waals surface area (Å²) in [6, 6.07) is 11.0. The van der Waals surface area contributed by atoms with Gasteiger partial charge in [-0.15, -0.1) is 0 Å². The molecule has 4 aromatic rings. The predicted molar refractivity (Wildman–Crippen MR) is 150 cm³/mol. The third-order valence-electron chi connectivity index (χ3n) is 8.15. The Hall–Kier alpha value is -3.98. The molecular weight excluding hydrogens is 495 g/mol. The number of amides is 1. The second kappa shape index (κ2) is 10.3. The zero-order chi connectivity index (χ0) is 27.1. The lowest BCUT2D eigenvalue weighted by atomic mass is 10.1. The number of likely N-dealkylation sites (tertiary alicyclic amines) is 1. The van der Waals surface area contributed by atoms with Gasteiger partial charge in [0.2, 0.25) is 0 Å². The molecule has 2 aromatic carbocycles. The number of hydrogen-bond acceptors (Lipinski definition) is 5. The minimum atomic E-state index is -0.271. The number of nitrogens with zero attached hydrogens (tertiary/aromatic N) is 3. The van der Waals surface area contributed by atoms with Crippen molar-refractivity contribution < 1.29 is 9.18 Å². The largest absolute Gasteiger partial charge is 0.384 e. The van der Waals surface area contributed by atoms with Crippen LogP contribution in [0.15, 0.2) is 47.4 Å². The topological polar surface area (TPSA) is 97.1 Å². The van der Waals surface area contributed by atoms with E-state index in [2.05, 4.69) is 27.1 Å². The number of aromatic amines is 2. The Morgan fingerprint density at radius 2 is 2.03 bits per heavy atom. The number of benzene rings is 2. The Balaban J connectivity index is 1.21. The highest BCUT2D eigenvalue weighted by molar-refractivity contribution is 6.02. The normalized spacial score (nSPS) is 17.4. The van der Waals surface area contributed by atoms with Crippen molar-refractivity contribution in [2.24, 2.45) is 0 Å². The lowest BCUT2D eigenvalue weighted by Gasteiger charge is -2.24. The molecule has 3 N–H and O–H groups in total. The summed E-state index contributed by atoms with van der Waals surface area (Å²) in [6.07, 6.45) is 4.65. The van der Waals surface area contributed by atoms with Crippen molar-refractivity contribution in [3.8, 4) is 11.4 Å². The van der Waals surface area contributed by atoms with E-state index in [9.17, 15) is 14.0 Å². The maximum absolute atomic E-state index is 13.7. The number of anilines is 1. The molecule has 39 heavy (non-hydrogen) atoms. The first-order valence-electron chi connectivity index (χ1n) is 13.6. The molecule has 2 aliphatic rings. The van der Waals surface area contributed by atoms with Gasteiger partial charge in [-0.1, -0.05) is 6.07 Å². The SMILES string of the molecule is Cc1ccc(F)cc1CCNc1cc[nH]c(=O)c1-c1nc2cc3c(cc2[nH]1)CN(CCN1CCC[C@H]1C)C3=O. The molecule has 1 fully saturated rings. The molecule has 1 atom stereocenters. The van der Waals surface area contributed by atoms with Crippen molar-refractivity contribution in [1.29, 1.82) is 0 Å². The Bertz CT molecular complexity index is 1610. The standard InChI is InChI=1S/C30H33FN6O2/c1-18-5-6-22(31)14-20(18)7-9-32-24-8-10-33-29(38)27(24)28-34-25-15-21-17-37(13-12-36-11-3-4-19(36)2)30(39)23(21)16-26(25)35-28/h5-6,8,10,14-16,19H,3-4,7,9,11-13,17H2,1-2H3,(H,34,35)(H2,32,33,38)/t19-/m1/s1. The third kappa shape index (κ3) is 4.94. The van der Waals surface area contributed by atoms with E-state index in [0.29, 0.717) is 60.3 Å². The molecule has 0 saturated carbocycles. The van der Waals surface area contributed by atoms with Crippen molar-refractivity contribution in [3.05, 3.63) is 81.0 Å². The summed E-state index contributed by atoms with van der Waals surface area (Å²) in [5.41, 5.74) is 5.80. The number of carbonyl (C=O) groups is 1. The van der Waals surface area contributed by atoms with Gasteiger partial charge in [0.1, 0.15) is 17.2 Å². The Morgan fingerprint density at radius 3 is 2.85 bits per heavy atom. The lowest BCUT2D eigenvalue weighted by molar-refractivity contribution is 0.0756. The number of fused-ring (bicyclic) bond motifs is 2. The number of nitrogens with one attached hydrogen (secondary N) is 3. The average molecular weight is 529 g/mol. The number of hydrogen-bond donors (Lipinski definition) is 3. The summed E-state index contributed by atoms with van der Waals surface area (Å²) >= 11 is 0. The molecule has 1 amide bonds. The third-order valence-corrected chi connectivity index (χ3v) is 8.15. The minimum absolute atomic E-state index is 0.0378. The van der Waals surface area contributed by atoms with Crippen LogP contribution in [-0.2, 0) is 13.0 Å². The first kappa shape index (κ1) is 25.3. The molecule has 9 heteroatoms. The van der Waals surface area contributed by atoms with Gasteiger partial charge in [0, 0.05) is 44.0 Å². The first-order valence-corrected chi connectivity index (χ1v) is 13.6. The van der Waals surface area contributed by atoms with Crippen LogP contribution >= 0.6 is 0 Å². The summed E-state index contributed by atoms with van der Waals surface area (Å²) < 4.78 is 13.7. The van der Waals surface area contributed by atoms with E-state index in [1.54, 1.807) is 24.4 Å². The van der Waals surface area contributed by atoms with E-state index in [1.807, 2.05) is 24.0 Å². The number of H-pyrrole nitrogens is 2. The smallest absolute Gasteiger partial charge is 0.261 e. The molecule has 0 unspecified atom stereocenters. The van der Waals surface area contributed by atoms with Crippen LogP contribution in [0, 0.1) is 12.7 Å². The van der Waals surface area contributed by atoms with Crippen LogP contribution in [0.1, 0.15) is 46.8 Å². The van der Waals surface area contributed by atoms with Gasteiger partial charge >= 0.3 is 0 Å². The van der Waals surface area contributed by atoms with Crippen LogP contribution in [0.3, 0.4) is 0 Å². The van der Waals surface area contributed by atoms with Crippen LogP contribution in [0.4, 0.5) is 10.1 Å². The van der Waals surface area contributed by atoms with Crippen LogP contribution in [0.5, 0.6) is 0 Å². The highest BCUT2D eigenvalue weighted by atomic mass is 19.1. The molecule has 0 aliphatic carbocycles. The van der Waals surface area contributed by atoms with Crippen molar-refractivity contribution in [2.75, 3.05) is 31.5 Å². The number of aromatic nitrogens is 3. The molecule has 8 nitrogen and oxygen atoms in total. The molecule has 0 spiro atoms. The summed E-state index contributed by atoms with van der Waals surface area (Å²) in [4.78, 5) is 41.2. The van der Waals surface area contributed by atoms with E-state index in [0.717, 1.165) is 35.3 Å². The van der Waals surface area contributed by atoms with Crippen LogP contribution in [0.25, 0.3) is 22.4 Å². The van der Waals surface area contributed by atoms with Crippen LogP contribution in [0.2, 0.25) is 0 Å². The maximum atomic E-state index is 13.7. The number of pyridine rings is 1. The molecule has 4 heterocycles. The van der Waals surface area contributed by atoms with Crippen LogP contribution < -0.4 is 10.9 Å². The molecule has 1 saturated heterocycles. The van der Waals surface area contributed by atoms with Gasteiger partial charge in [-0.25, -0.2) is 9.37 Å². The van der Waals surface area contributed by atoms with Gasteiger partial charge in [0.25, 0.3) is 11.5 Å². The van der Waals surface area contributed by atoms with E-state index >= 15 is 0 Å². The van der Waals surface area contributed by atoms with Gasteiger partial charge in [-0.05, 0) is 86.7 Å². The monoisotopic (exact) mass is 528 g/mol. The Morgan fingerprint density at radius 1 is 1.15 bits per heavy atom. The highest BCUT2D eigenvalue weighted by Crippen LogP contribution is 2.30. The van der Waals surface area contributed by atoms with Crippen LogP contribution in [-0.4, -0.2) is 62.9 Å². The van der Waals surface area contributed by atoms with E-state index < -0.39 is 0 Å². The number of rotatable bonds is 8. The number of carbonyl (C=O) groups excluding carboxylic acids is 1. The number of imidazole rings is 1. The quantitative estimate of drug-likeness (QED) is 0.314. The molecule has 202 valence electrons. The van der Waals surface area contributed by atoms with Gasteiger partial charge in [-0.2, -0.15) is 0 Å². The summed E-state index contributed by atoms with van der Waals surface area (Å²) in [6.45, 7) is 8.03. The summed E-state index contributed by atoms with van der Waals surface area (Å²) in [7, 11) is 0. The zero-order valence-electron chi connectivity index (χ0n) is 22.3. The second-order valence-electron chi connectivity index (χ2n) is 10.7. The van der Waals surface area contributed by atoms with Crippen molar-refractivity contribution in [2.45, 2.75) is 45.7 Å². The van der Waals surface area contributed by atoms with E-state index in [1.165, 1.54) is 18.9 Å². The van der Waals surface area contributed by atoms with Gasteiger partial charge in [0.05, 0.1) is 16.7 Å². The first-order chi connectivity index (χ1) is 18.9. The lowest BCUT2D eigenvalue weighted by Crippen LogP contribution is -2.36. The summed E-state index contributed by atoms with van der Waals surface area (Å²) in [5.74, 6) is 0.215. The maximum Gasteiger partial charge on any atom is 0.261 e. The van der Waals surface area contributed by atoms with E-state index in [4.69, 9.17) is 4.98 Å². The average Bonchev–Trinajstić information content (AvgIpc) is 3.60. The molecule has 0 radical (unpaired) electrons. The Kier molecular flexibility index (Phi) is 6.68. The fourth-order valence-electron chi connectivity index (χ4n) is 5.85.